The van der Waals surface area contributed by atoms with E-state index >= 15 is 0 Å². The summed E-state index contributed by atoms with van der Waals surface area (Å²) < 4.78 is 0. The highest BCUT2D eigenvalue weighted by molar-refractivity contribution is 7.80. The summed E-state index contributed by atoms with van der Waals surface area (Å²) in [4.78, 5) is 15.8. The summed E-state index contributed by atoms with van der Waals surface area (Å²) in [6.45, 7) is 1.87. The molecule has 2 aromatic rings. The molecule has 0 radical (unpaired) electrons. The van der Waals surface area contributed by atoms with E-state index in [9.17, 15) is 4.79 Å². The van der Waals surface area contributed by atoms with Crippen molar-refractivity contribution in [3.63, 3.8) is 0 Å². The third-order valence-electron chi connectivity index (χ3n) is 2.71. The fourth-order valence-electron chi connectivity index (χ4n) is 1.74. The van der Waals surface area contributed by atoms with Gasteiger partial charge in [0.05, 0.1) is 5.56 Å². The molecular formula is C14H14N4OS. The van der Waals surface area contributed by atoms with E-state index in [4.69, 9.17) is 23.7 Å². The Hall–Kier alpha value is -2.47. The molecule has 6 heteroatoms. The highest BCUT2D eigenvalue weighted by Crippen LogP contribution is 2.20. The molecule has 0 unspecified atom stereocenters. The maximum Gasteiger partial charge on any atom is 0.248 e. The molecule has 0 spiro atoms. The van der Waals surface area contributed by atoms with Crippen molar-refractivity contribution in [2.24, 2.45) is 11.5 Å². The molecule has 0 aliphatic rings. The molecular weight excluding hydrogens is 272 g/mol. The van der Waals surface area contributed by atoms with Crippen LogP contribution in [0.4, 0.5) is 11.5 Å². The minimum Gasteiger partial charge on any atom is -0.389 e. The highest BCUT2D eigenvalue weighted by Gasteiger charge is 2.08. The minimum atomic E-state index is -0.486. The number of amides is 1. The first kappa shape index (κ1) is 14.0. The fraction of sp³-hybridized carbons (Fsp3) is 0.0714. The number of hydrogen-bond donors (Lipinski definition) is 3. The van der Waals surface area contributed by atoms with Gasteiger partial charge in [0.1, 0.15) is 10.8 Å². The van der Waals surface area contributed by atoms with E-state index in [1.165, 1.54) is 0 Å². The van der Waals surface area contributed by atoms with Crippen LogP contribution in [-0.4, -0.2) is 15.9 Å². The lowest BCUT2D eigenvalue weighted by molar-refractivity contribution is 0.100. The van der Waals surface area contributed by atoms with Gasteiger partial charge >= 0.3 is 0 Å². The van der Waals surface area contributed by atoms with E-state index < -0.39 is 5.91 Å². The Balaban J connectivity index is 2.39. The molecule has 0 bridgehead atoms. The molecule has 102 valence electrons. The molecule has 1 aromatic heterocycles. The van der Waals surface area contributed by atoms with E-state index in [1.54, 1.807) is 24.3 Å². The first-order valence-corrected chi connectivity index (χ1v) is 6.32. The van der Waals surface area contributed by atoms with Crippen LogP contribution in [0.2, 0.25) is 0 Å². The number of benzene rings is 1. The van der Waals surface area contributed by atoms with Crippen molar-refractivity contribution in [1.29, 1.82) is 0 Å². The van der Waals surface area contributed by atoms with Crippen LogP contribution in [0.3, 0.4) is 0 Å². The van der Waals surface area contributed by atoms with Crippen LogP contribution >= 0.6 is 12.2 Å². The molecule has 0 fully saturated rings. The van der Waals surface area contributed by atoms with Crippen LogP contribution in [0.5, 0.6) is 0 Å². The maximum atomic E-state index is 11.2. The number of primary amides is 1. The number of nitrogens with two attached hydrogens (primary N) is 2. The summed E-state index contributed by atoms with van der Waals surface area (Å²) in [5.74, 6) is 0.0690. The lowest BCUT2D eigenvalue weighted by atomic mass is 10.2. The Bertz CT molecular complexity index is 685. The molecule has 1 amide bonds. The van der Waals surface area contributed by atoms with Gasteiger partial charge in [-0.05, 0) is 37.3 Å². The van der Waals surface area contributed by atoms with E-state index in [0.29, 0.717) is 22.6 Å². The molecule has 1 aromatic carbocycles. The van der Waals surface area contributed by atoms with Crippen LogP contribution in [0.1, 0.15) is 21.6 Å². The van der Waals surface area contributed by atoms with Gasteiger partial charge in [0.25, 0.3) is 0 Å². The number of pyridine rings is 1. The number of carbonyl (C=O) groups is 1. The van der Waals surface area contributed by atoms with Crippen molar-refractivity contribution >= 4 is 34.6 Å². The maximum absolute atomic E-state index is 11.2. The number of carbonyl (C=O) groups excluding carboxylic acids is 1. The molecule has 0 saturated heterocycles. The standard InChI is InChI=1S/C14H14N4OS/c1-8-5-6-11(13(16)20)14(17-8)18-10-4-2-3-9(7-10)12(15)19/h2-7H,1H3,(H2,15,19)(H2,16,20)(H,17,18). The van der Waals surface area contributed by atoms with Crippen molar-refractivity contribution in [1.82, 2.24) is 4.98 Å². The molecule has 0 aliphatic heterocycles. The minimum absolute atomic E-state index is 0.256. The van der Waals surface area contributed by atoms with Crippen LogP contribution in [0.15, 0.2) is 36.4 Å². The van der Waals surface area contributed by atoms with Gasteiger partial charge < -0.3 is 16.8 Å². The van der Waals surface area contributed by atoms with Crippen LogP contribution in [0.25, 0.3) is 0 Å². The van der Waals surface area contributed by atoms with Gasteiger partial charge in [-0.25, -0.2) is 4.98 Å². The summed E-state index contributed by atoms with van der Waals surface area (Å²) in [7, 11) is 0. The molecule has 2 rings (SSSR count). The lowest BCUT2D eigenvalue weighted by Gasteiger charge is -2.11. The number of aromatic nitrogens is 1. The average Bonchev–Trinajstić information content (AvgIpc) is 2.38. The van der Waals surface area contributed by atoms with Gasteiger partial charge in [0, 0.05) is 16.9 Å². The topological polar surface area (TPSA) is 94.0 Å². The second kappa shape index (κ2) is 5.66. The first-order chi connectivity index (χ1) is 9.47. The third-order valence-corrected chi connectivity index (χ3v) is 2.93. The molecule has 0 atom stereocenters. The predicted octanol–water partition coefficient (Wildman–Crippen LogP) is 1.87. The smallest absolute Gasteiger partial charge is 0.248 e. The highest BCUT2D eigenvalue weighted by atomic mass is 32.1. The number of aryl methyl sites for hydroxylation is 1. The Morgan fingerprint density at radius 2 is 2.00 bits per heavy atom. The average molecular weight is 286 g/mol. The SMILES string of the molecule is Cc1ccc(C(N)=S)c(Nc2cccc(C(N)=O)c2)n1. The largest absolute Gasteiger partial charge is 0.389 e. The van der Waals surface area contributed by atoms with Gasteiger partial charge in [0.15, 0.2) is 0 Å². The van der Waals surface area contributed by atoms with Crippen molar-refractivity contribution < 1.29 is 4.79 Å². The second-order valence-corrected chi connectivity index (χ2v) is 4.72. The monoisotopic (exact) mass is 286 g/mol. The van der Waals surface area contributed by atoms with Crippen LogP contribution < -0.4 is 16.8 Å². The number of nitrogens with zero attached hydrogens (tertiary/aromatic N) is 1. The fourth-order valence-corrected chi connectivity index (χ4v) is 1.90. The first-order valence-electron chi connectivity index (χ1n) is 5.91. The Kier molecular flexibility index (Phi) is 3.95. The van der Waals surface area contributed by atoms with Gasteiger partial charge in [-0.2, -0.15) is 0 Å². The lowest BCUT2D eigenvalue weighted by Crippen LogP contribution is -2.14. The zero-order chi connectivity index (χ0) is 14.7. The molecule has 1 heterocycles. The van der Waals surface area contributed by atoms with Gasteiger partial charge in [-0.15, -0.1) is 0 Å². The van der Waals surface area contributed by atoms with E-state index in [1.807, 2.05) is 19.1 Å². The third kappa shape index (κ3) is 3.10. The summed E-state index contributed by atoms with van der Waals surface area (Å²) in [5, 5.41) is 3.10. The summed E-state index contributed by atoms with van der Waals surface area (Å²) >= 11 is 5.00. The van der Waals surface area contributed by atoms with E-state index in [2.05, 4.69) is 10.3 Å². The Morgan fingerprint density at radius 3 is 2.65 bits per heavy atom. The zero-order valence-corrected chi connectivity index (χ0v) is 11.7. The quantitative estimate of drug-likeness (QED) is 0.746. The van der Waals surface area contributed by atoms with Crippen molar-refractivity contribution in [2.75, 3.05) is 5.32 Å². The van der Waals surface area contributed by atoms with Crippen molar-refractivity contribution in [3.8, 4) is 0 Å². The Labute approximate surface area is 122 Å². The van der Waals surface area contributed by atoms with Gasteiger partial charge in [-0.3, -0.25) is 4.79 Å². The Morgan fingerprint density at radius 1 is 1.25 bits per heavy atom. The van der Waals surface area contributed by atoms with Gasteiger partial charge in [-0.1, -0.05) is 18.3 Å². The zero-order valence-electron chi connectivity index (χ0n) is 10.9. The molecule has 5 nitrogen and oxygen atoms in total. The second-order valence-electron chi connectivity index (χ2n) is 4.28. The predicted molar refractivity (Wildman–Crippen MR) is 83.1 cm³/mol. The summed E-state index contributed by atoms with van der Waals surface area (Å²) in [5.41, 5.74) is 13.5. The van der Waals surface area contributed by atoms with E-state index in [0.717, 1.165) is 5.69 Å². The van der Waals surface area contributed by atoms with E-state index in [-0.39, 0.29) is 4.99 Å². The molecule has 5 N–H and O–H groups in total. The normalized spacial score (nSPS) is 10.1. The number of nitrogens with one attached hydrogen (secondary N) is 1. The van der Waals surface area contributed by atoms with Crippen LogP contribution in [0, 0.1) is 6.92 Å². The van der Waals surface area contributed by atoms with Crippen molar-refractivity contribution in [2.45, 2.75) is 6.92 Å². The number of thiocarbonyl (C=S) groups is 1. The molecule has 0 saturated carbocycles. The molecule has 0 aliphatic carbocycles. The van der Waals surface area contributed by atoms with Gasteiger partial charge in [0.2, 0.25) is 5.91 Å². The summed E-state index contributed by atoms with van der Waals surface area (Å²) in [6.07, 6.45) is 0. The molecule has 20 heavy (non-hydrogen) atoms. The number of hydrogen-bond acceptors (Lipinski definition) is 4. The summed E-state index contributed by atoms with van der Waals surface area (Å²) in [6, 6.07) is 10.5. The number of rotatable bonds is 4. The van der Waals surface area contributed by atoms with Crippen LogP contribution in [-0.2, 0) is 0 Å². The van der Waals surface area contributed by atoms with Crippen molar-refractivity contribution in [3.05, 3.63) is 53.2 Å². The number of anilines is 2.